The molecule has 1 heterocycles. The number of ether oxygens (including phenoxy) is 1. The second kappa shape index (κ2) is 10.9. The van der Waals surface area contributed by atoms with Crippen LogP contribution in [0, 0.1) is 13.8 Å². The molecular weight excluding hydrogens is 517 g/mol. The Morgan fingerprint density at radius 2 is 1.73 bits per heavy atom. The second-order valence-corrected chi connectivity index (χ2v) is 9.03. The van der Waals surface area contributed by atoms with Gasteiger partial charge in [0.25, 0.3) is 17.7 Å². The summed E-state index contributed by atoms with van der Waals surface area (Å²) in [5, 5.41) is 5.82. The van der Waals surface area contributed by atoms with E-state index >= 15 is 0 Å². The van der Waals surface area contributed by atoms with Crippen molar-refractivity contribution >= 4 is 64.4 Å². The van der Waals surface area contributed by atoms with Crippen LogP contribution in [-0.4, -0.2) is 30.4 Å². The van der Waals surface area contributed by atoms with E-state index in [1.165, 1.54) is 6.08 Å². The van der Waals surface area contributed by atoms with Crippen LogP contribution >= 0.6 is 23.2 Å². The van der Waals surface area contributed by atoms with E-state index < -0.39 is 17.8 Å². The molecule has 0 atom stereocenters. The summed E-state index contributed by atoms with van der Waals surface area (Å²) in [6.45, 7) is 3.30. The first-order chi connectivity index (χ1) is 17.6. The molecule has 1 aliphatic rings. The Morgan fingerprint density at radius 1 is 1.00 bits per heavy atom. The predicted molar refractivity (Wildman–Crippen MR) is 142 cm³/mol. The zero-order valence-electron chi connectivity index (χ0n) is 19.8. The molecule has 1 saturated heterocycles. The molecule has 0 spiro atoms. The van der Waals surface area contributed by atoms with Gasteiger partial charge in [-0.2, -0.15) is 0 Å². The molecule has 0 saturated carbocycles. The fraction of sp³-hybridized carbons (Fsp3) is 0.111. The maximum atomic E-state index is 13.1. The minimum atomic E-state index is -0.854. The number of nitrogens with one attached hydrogen (secondary N) is 2. The van der Waals surface area contributed by atoms with E-state index in [0.717, 1.165) is 10.5 Å². The number of rotatable bonds is 6. The van der Waals surface area contributed by atoms with Crippen molar-refractivity contribution in [2.75, 3.05) is 16.8 Å². The van der Waals surface area contributed by atoms with E-state index in [2.05, 4.69) is 10.6 Å². The van der Waals surface area contributed by atoms with Gasteiger partial charge in [-0.25, -0.2) is 9.69 Å². The van der Waals surface area contributed by atoms with Crippen LogP contribution in [0.4, 0.5) is 16.2 Å². The molecule has 37 heavy (non-hydrogen) atoms. The summed E-state index contributed by atoms with van der Waals surface area (Å²) < 4.78 is 5.52. The lowest BCUT2D eigenvalue weighted by molar-refractivity contribution is -0.122. The van der Waals surface area contributed by atoms with Gasteiger partial charge in [0.05, 0.1) is 5.69 Å². The van der Waals surface area contributed by atoms with Gasteiger partial charge in [0, 0.05) is 15.7 Å². The molecule has 8 nitrogen and oxygen atoms in total. The standard InChI is InChI=1S/C27H21Cl2N3O5/c1-15-6-9-18(13-22(15)29)30-24(33)14-37-19-10-7-17(8-11-19)12-20-25(34)31-27(36)32(26(20)35)23-5-3-4-21(28)16(23)2/h3-13H,14H2,1-2H3,(H,30,33)(H,31,34,36)/b20-12-. The van der Waals surface area contributed by atoms with Crippen LogP contribution in [0.25, 0.3) is 6.08 Å². The number of benzene rings is 3. The Morgan fingerprint density at radius 3 is 2.43 bits per heavy atom. The molecule has 0 aromatic heterocycles. The number of halogens is 2. The fourth-order valence-electron chi connectivity index (χ4n) is 3.56. The molecule has 1 fully saturated rings. The van der Waals surface area contributed by atoms with Gasteiger partial charge in [0.1, 0.15) is 11.3 Å². The Balaban J connectivity index is 1.44. The summed E-state index contributed by atoms with van der Waals surface area (Å²) in [4.78, 5) is 51.1. The number of anilines is 2. The third kappa shape index (κ3) is 5.82. The summed E-state index contributed by atoms with van der Waals surface area (Å²) in [7, 11) is 0. The molecule has 1 aliphatic heterocycles. The van der Waals surface area contributed by atoms with E-state index in [9.17, 15) is 19.2 Å². The monoisotopic (exact) mass is 537 g/mol. The molecule has 0 unspecified atom stereocenters. The Kier molecular flexibility index (Phi) is 7.61. The lowest BCUT2D eigenvalue weighted by Gasteiger charge is -2.27. The van der Waals surface area contributed by atoms with Gasteiger partial charge < -0.3 is 10.1 Å². The van der Waals surface area contributed by atoms with Crippen molar-refractivity contribution in [2.45, 2.75) is 13.8 Å². The minimum Gasteiger partial charge on any atom is -0.484 e. The zero-order chi connectivity index (χ0) is 26.7. The summed E-state index contributed by atoms with van der Waals surface area (Å²) in [6.07, 6.45) is 1.37. The maximum absolute atomic E-state index is 13.1. The number of carbonyl (C=O) groups is 4. The van der Waals surface area contributed by atoms with Gasteiger partial charge in [-0.3, -0.25) is 19.7 Å². The van der Waals surface area contributed by atoms with Crippen molar-refractivity contribution in [3.63, 3.8) is 0 Å². The number of nitrogens with zero attached hydrogens (tertiary/aromatic N) is 1. The van der Waals surface area contributed by atoms with E-state index in [0.29, 0.717) is 32.6 Å². The van der Waals surface area contributed by atoms with E-state index in [1.807, 2.05) is 6.92 Å². The van der Waals surface area contributed by atoms with Crippen LogP contribution in [0.3, 0.4) is 0 Å². The number of imide groups is 2. The highest BCUT2D eigenvalue weighted by molar-refractivity contribution is 6.40. The largest absolute Gasteiger partial charge is 0.484 e. The van der Waals surface area contributed by atoms with Crippen LogP contribution in [-0.2, 0) is 14.4 Å². The highest BCUT2D eigenvalue weighted by Crippen LogP contribution is 2.29. The maximum Gasteiger partial charge on any atom is 0.335 e. The Labute approximate surface area is 222 Å². The summed E-state index contributed by atoms with van der Waals surface area (Å²) in [6, 6.07) is 15.6. The normalized spacial score (nSPS) is 14.5. The third-order valence-corrected chi connectivity index (χ3v) is 6.41. The van der Waals surface area contributed by atoms with Crippen LogP contribution in [0.15, 0.2) is 66.2 Å². The van der Waals surface area contributed by atoms with Crippen LogP contribution < -0.4 is 20.3 Å². The number of hydrogen-bond acceptors (Lipinski definition) is 5. The molecule has 3 aromatic carbocycles. The van der Waals surface area contributed by atoms with Crippen molar-refractivity contribution < 1.29 is 23.9 Å². The molecule has 3 aromatic rings. The summed E-state index contributed by atoms with van der Waals surface area (Å²) >= 11 is 12.2. The highest BCUT2D eigenvalue weighted by Gasteiger charge is 2.37. The molecule has 4 rings (SSSR count). The number of urea groups is 1. The first-order valence-electron chi connectivity index (χ1n) is 11.1. The van der Waals surface area contributed by atoms with E-state index in [4.69, 9.17) is 27.9 Å². The third-order valence-electron chi connectivity index (χ3n) is 5.60. The second-order valence-electron chi connectivity index (χ2n) is 8.21. The van der Waals surface area contributed by atoms with Gasteiger partial charge >= 0.3 is 6.03 Å². The van der Waals surface area contributed by atoms with E-state index in [1.54, 1.807) is 67.6 Å². The Bertz CT molecular complexity index is 1450. The van der Waals surface area contributed by atoms with Gasteiger partial charge in [-0.05, 0) is 73.0 Å². The number of barbiturate groups is 1. The SMILES string of the molecule is Cc1ccc(NC(=O)COc2ccc(/C=C3/C(=O)NC(=O)N(c4cccc(Cl)c4C)C3=O)cc2)cc1Cl. The molecule has 10 heteroatoms. The van der Waals surface area contributed by atoms with Gasteiger partial charge in [-0.1, -0.05) is 47.5 Å². The highest BCUT2D eigenvalue weighted by atomic mass is 35.5. The topological polar surface area (TPSA) is 105 Å². The summed E-state index contributed by atoms with van der Waals surface area (Å²) in [5.74, 6) is -1.53. The number of aryl methyl sites for hydroxylation is 1. The van der Waals surface area contributed by atoms with Crippen LogP contribution in [0.2, 0.25) is 10.0 Å². The zero-order valence-corrected chi connectivity index (χ0v) is 21.3. The molecule has 2 N–H and O–H groups in total. The number of carbonyl (C=O) groups excluding carboxylic acids is 4. The van der Waals surface area contributed by atoms with Crippen LogP contribution in [0.5, 0.6) is 5.75 Å². The van der Waals surface area contributed by atoms with Crippen molar-refractivity contribution in [1.82, 2.24) is 5.32 Å². The number of amides is 5. The number of hydrogen-bond donors (Lipinski definition) is 2. The van der Waals surface area contributed by atoms with Crippen molar-refractivity contribution in [1.29, 1.82) is 0 Å². The minimum absolute atomic E-state index is 0.219. The first-order valence-corrected chi connectivity index (χ1v) is 11.8. The lowest BCUT2D eigenvalue weighted by atomic mass is 10.1. The lowest BCUT2D eigenvalue weighted by Crippen LogP contribution is -2.54. The van der Waals surface area contributed by atoms with E-state index in [-0.39, 0.29) is 23.8 Å². The predicted octanol–water partition coefficient (Wildman–Crippen LogP) is 5.29. The van der Waals surface area contributed by atoms with Gasteiger partial charge in [0.2, 0.25) is 0 Å². The molecule has 188 valence electrons. The Hall–Kier alpha value is -4.14. The quantitative estimate of drug-likeness (QED) is 0.328. The molecule has 0 aliphatic carbocycles. The average Bonchev–Trinajstić information content (AvgIpc) is 2.86. The molecule has 5 amide bonds. The summed E-state index contributed by atoms with van der Waals surface area (Å²) in [5.41, 5.74) is 2.56. The van der Waals surface area contributed by atoms with Crippen molar-refractivity contribution in [3.8, 4) is 5.75 Å². The van der Waals surface area contributed by atoms with Gasteiger partial charge in [-0.15, -0.1) is 0 Å². The molecular formula is C27H21Cl2N3O5. The average molecular weight is 538 g/mol. The smallest absolute Gasteiger partial charge is 0.335 e. The fourth-order valence-corrected chi connectivity index (χ4v) is 3.91. The van der Waals surface area contributed by atoms with Crippen molar-refractivity contribution in [3.05, 3.63) is 93.0 Å². The van der Waals surface area contributed by atoms with Gasteiger partial charge in [0.15, 0.2) is 6.61 Å². The first kappa shape index (κ1) is 25.9. The molecule has 0 bridgehead atoms. The molecule has 0 radical (unpaired) electrons. The van der Waals surface area contributed by atoms with Crippen LogP contribution in [0.1, 0.15) is 16.7 Å². The van der Waals surface area contributed by atoms with Crippen molar-refractivity contribution in [2.24, 2.45) is 0 Å².